The zero-order valence-electron chi connectivity index (χ0n) is 21.8. The highest BCUT2D eigenvalue weighted by Gasteiger charge is 2.35. The zero-order chi connectivity index (χ0) is 25.9. The Kier molecular flexibility index (Phi) is 7.78. The van der Waals surface area contributed by atoms with Crippen molar-refractivity contribution in [2.75, 3.05) is 36.4 Å². The second-order valence-corrected chi connectivity index (χ2v) is 10.7. The molecule has 0 saturated carbocycles. The summed E-state index contributed by atoms with van der Waals surface area (Å²) in [6, 6.07) is 3.06. The van der Waals surface area contributed by atoms with Crippen LogP contribution < -0.4 is 20.9 Å². The second-order valence-electron chi connectivity index (χ2n) is 10.7. The normalized spacial score (nSPS) is 17.9. The fourth-order valence-corrected chi connectivity index (χ4v) is 5.14. The number of fused-ring (bicyclic) bond motifs is 1. The lowest BCUT2D eigenvalue weighted by Crippen LogP contribution is -2.44. The van der Waals surface area contributed by atoms with Crippen molar-refractivity contribution in [3.05, 3.63) is 40.8 Å². The Bertz CT molecular complexity index is 1120. The van der Waals surface area contributed by atoms with Gasteiger partial charge in [0.05, 0.1) is 11.9 Å². The third kappa shape index (κ3) is 5.78. The maximum atomic E-state index is 13.2. The molecule has 0 radical (unpaired) electrons. The van der Waals surface area contributed by atoms with E-state index in [9.17, 15) is 14.4 Å². The van der Waals surface area contributed by atoms with Crippen LogP contribution in [0.5, 0.6) is 0 Å². The zero-order valence-corrected chi connectivity index (χ0v) is 21.8. The lowest BCUT2D eigenvalue weighted by atomic mass is 9.75. The number of carbonyl (C=O) groups excluding carboxylic acids is 3. The molecular formula is C27H38N6O3. The van der Waals surface area contributed by atoms with Gasteiger partial charge in [0.15, 0.2) is 5.78 Å². The highest BCUT2D eigenvalue weighted by molar-refractivity contribution is 6.06. The van der Waals surface area contributed by atoms with Crippen LogP contribution in [0, 0.1) is 12.3 Å². The Morgan fingerprint density at radius 2 is 1.94 bits per heavy atom. The van der Waals surface area contributed by atoms with Crippen molar-refractivity contribution in [1.82, 2.24) is 20.6 Å². The van der Waals surface area contributed by atoms with Crippen LogP contribution in [-0.4, -0.2) is 59.8 Å². The van der Waals surface area contributed by atoms with E-state index in [1.807, 2.05) is 19.1 Å². The van der Waals surface area contributed by atoms with Crippen molar-refractivity contribution >= 4 is 29.1 Å². The Balaban J connectivity index is 1.45. The molecule has 9 heteroatoms. The number of H-pyrrole nitrogens is 1. The topological polar surface area (TPSA) is 119 Å². The highest BCUT2D eigenvalue weighted by Crippen LogP contribution is 2.36. The van der Waals surface area contributed by atoms with E-state index in [4.69, 9.17) is 0 Å². The van der Waals surface area contributed by atoms with E-state index in [2.05, 4.69) is 44.7 Å². The first-order valence-electron chi connectivity index (χ1n) is 13.0. The number of ketones is 1. The number of rotatable bonds is 8. The molecule has 36 heavy (non-hydrogen) atoms. The predicted octanol–water partition coefficient (Wildman–Crippen LogP) is 3.21. The van der Waals surface area contributed by atoms with Crippen molar-refractivity contribution in [2.45, 2.75) is 65.8 Å². The Labute approximate surface area is 212 Å². The van der Waals surface area contributed by atoms with Crippen molar-refractivity contribution < 1.29 is 14.4 Å². The highest BCUT2D eigenvalue weighted by atomic mass is 16.2. The third-order valence-electron chi connectivity index (χ3n) is 7.05. The number of aromatic amines is 1. The number of carbonyl (C=O) groups is 3. The van der Waals surface area contributed by atoms with Gasteiger partial charge in [0.1, 0.15) is 17.6 Å². The Hall–Kier alpha value is -3.20. The number of nitrogens with one attached hydrogen (secondary N) is 4. The van der Waals surface area contributed by atoms with Gasteiger partial charge in [-0.3, -0.25) is 14.4 Å². The van der Waals surface area contributed by atoms with Gasteiger partial charge in [-0.05, 0) is 42.9 Å². The summed E-state index contributed by atoms with van der Waals surface area (Å²) in [5.74, 6) is 0.302. The maximum Gasteiger partial charge on any atom is 0.268 e. The Morgan fingerprint density at radius 1 is 1.19 bits per heavy atom. The lowest BCUT2D eigenvalue weighted by molar-refractivity contribution is -0.118. The molecule has 1 aliphatic carbocycles. The molecule has 2 aromatic heterocycles. The quantitative estimate of drug-likeness (QED) is 0.447. The molecule has 0 spiro atoms. The van der Waals surface area contributed by atoms with E-state index in [1.54, 1.807) is 13.1 Å². The molecule has 2 aromatic rings. The van der Waals surface area contributed by atoms with Crippen molar-refractivity contribution in [3.8, 4) is 0 Å². The van der Waals surface area contributed by atoms with Gasteiger partial charge in [-0.1, -0.05) is 33.6 Å². The number of nitrogens with zero attached hydrogens (tertiary/aromatic N) is 2. The van der Waals surface area contributed by atoms with Crippen LogP contribution in [0.3, 0.4) is 0 Å². The molecule has 1 atom stereocenters. The summed E-state index contributed by atoms with van der Waals surface area (Å²) in [4.78, 5) is 49.0. The van der Waals surface area contributed by atoms with E-state index < -0.39 is 6.04 Å². The number of hydrogen-bond acceptors (Lipinski definition) is 6. The molecule has 4 rings (SSSR count). The van der Waals surface area contributed by atoms with Gasteiger partial charge in [-0.2, -0.15) is 0 Å². The van der Waals surface area contributed by atoms with Crippen LogP contribution >= 0.6 is 0 Å². The Morgan fingerprint density at radius 3 is 2.61 bits per heavy atom. The minimum absolute atomic E-state index is 0.0612. The summed E-state index contributed by atoms with van der Waals surface area (Å²) < 4.78 is 0. The minimum atomic E-state index is -0.697. The molecule has 1 fully saturated rings. The molecule has 4 N–H and O–H groups in total. The molecule has 3 heterocycles. The average Bonchev–Trinajstić information content (AvgIpc) is 3.17. The molecule has 1 saturated heterocycles. The number of anilines is 2. The van der Waals surface area contributed by atoms with E-state index in [0.717, 1.165) is 50.5 Å². The van der Waals surface area contributed by atoms with Crippen molar-refractivity contribution in [2.24, 2.45) is 5.41 Å². The van der Waals surface area contributed by atoms with Gasteiger partial charge in [-0.15, -0.1) is 0 Å². The predicted molar refractivity (Wildman–Crippen MR) is 141 cm³/mol. The van der Waals surface area contributed by atoms with Crippen LogP contribution in [0.4, 0.5) is 11.5 Å². The summed E-state index contributed by atoms with van der Waals surface area (Å²) >= 11 is 0. The van der Waals surface area contributed by atoms with Gasteiger partial charge in [0.2, 0.25) is 5.91 Å². The number of Topliss-reactive ketones (excluding diaryl/α,β-unsaturated/α-hetero) is 1. The summed E-state index contributed by atoms with van der Waals surface area (Å²) in [7, 11) is 0. The number of piperazine rings is 1. The van der Waals surface area contributed by atoms with E-state index in [1.165, 1.54) is 0 Å². The molecule has 0 bridgehead atoms. The largest absolute Gasteiger partial charge is 0.354 e. The summed E-state index contributed by atoms with van der Waals surface area (Å²) in [5.41, 5.74) is 2.91. The maximum absolute atomic E-state index is 13.2. The van der Waals surface area contributed by atoms with Gasteiger partial charge in [0, 0.05) is 43.9 Å². The summed E-state index contributed by atoms with van der Waals surface area (Å²) in [5, 5.41) is 9.14. The monoisotopic (exact) mass is 494 g/mol. The van der Waals surface area contributed by atoms with Gasteiger partial charge in [0.25, 0.3) is 5.91 Å². The van der Waals surface area contributed by atoms with Gasteiger partial charge in [-0.25, -0.2) is 4.98 Å². The first-order valence-corrected chi connectivity index (χ1v) is 13.0. The lowest BCUT2D eigenvalue weighted by Gasteiger charge is -2.28. The summed E-state index contributed by atoms with van der Waals surface area (Å²) in [6.07, 6.45) is 5.05. The minimum Gasteiger partial charge on any atom is -0.354 e. The molecule has 1 unspecified atom stereocenters. The van der Waals surface area contributed by atoms with Crippen molar-refractivity contribution in [3.63, 3.8) is 0 Å². The third-order valence-corrected chi connectivity index (χ3v) is 7.05. The smallest absolute Gasteiger partial charge is 0.268 e. The molecule has 9 nitrogen and oxygen atoms in total. The van der Waals surface area contributed by atoms with Crippen LogP contribution in [0.15, 0.2) is 18.3 Å². The van der Waals surface area contributed by atoms with Crippen LogP contribution in [-0.2, 0) is 11.2 Å². The van der Waals surface area contributed by atoms with Crippen molar-refractivity contribution in [1.29, 1.82) is 0 Å². The standard InChI is InChI=1S/C27H38N6O3/c1-5-6-7-19(25(35)30-18-8-9-22(29-16-18)33-12-10-28-11-13-33)32-26(36)24-17(2)23-20(31-24)14-27(3,4)15-21(23)34/h8-9,16,19,28,31H,5-7,10-15H2,1-4H3,(H,30,35)(H,32,36). The molecule has 194 valence electrons. The molecule has 2 amide bonds. The first kappa shape index (κ1) is 25.9. The van der Waals surface area contributed by atoms with Crippen LogP contribution in [0.2, 0.25) is 0 Å². The fourth-order valence-electron chi connectivity index (χ4n) is 5.14. The first-order chi connectivity index (χ1) is 17.2. The number of amides is 2. The SMILES string of the molecule is CCCCC(NC(=O)c1[nH]c2c(c1C)C(=O)CC(C)(C)C2)C(=O)Nc1ccc(N2CCNCC2)nc1. The number of aromatic nitrogens is 2. The molecule has 2 aliphatic rings. The van der Waals surface area contributed by atoms with Crippen LogP contribution in [0.25, 0.3) is 0 Å². The number of pyridine rings is 1. The van der Waals surface area contributed by atoms with E-state index in [0.29, 0.717) is 41.8 Å². The van der Waals surface area contributed by atoms with E-state index >= 15 is 0 Å². The number of hydrogen-bond donors (Lipinski definition) is 4. The van der Waals surface area contributed by atoms with Crippen LogP contribution in [0.1, 0.15) is 78.6 Å². The molecule has 0 aromatic carbocycles. The molecule has 1 aliphatic heterocycles. The number of unbranched alkanes of at least 4 members (excludes halogenated alkanes) is 1. The van der Waals surface area contributed by atoms with Gasteiger partial charge >= 0.3 is 0 Å². The molecular weight excluding hydrogens is 456 g/mol. The average molecular weight is 495 g/mol. The second kappa shape index (κ2) is 10.8. The fraction of sp³-hybridized carbons (Fsp3) is 0.556. The van der Waals surface area contributed by atoms with E-state index in [-0.39, 0.29) is 23.0 Å². The summed E-state index contributed by atoms with van der Waals surface area (Å²) in [6.45, 7) is 11.6. The van der Waals surface area contributed by atoms with Gasteiger partial charge < -0.3 is 25.8 Å².